The number of rotatable bonds is 6. The van der Waals surface area contributed by atoms with Crippen molar-refractivity contribution in [2.45, 2.75) is 12.5 Å². The Balaban J connectivity index is 1.96. The highest BCUT2D eigenvalue weighted by Crippen LogP contribution is 2.30. The molecule has 4 N–H and O–H groups in total. The number of H-pyrrole nitrogens is 1. The predicted molar refractivity (Wildman–Crippen MR) is 104 cm³/mol. The first-order valence-electron chi connectivity index (χ1n) is 8.39. The Hall–Kier alpha value is -3.04. The zero-order valence-corrected chi connectivity index (χ0v) is 16.5. The van der Waals surface area contributed by atoms with Crippen LogP contribution in [0.4, 0.5) is 13.2 Å². The highest BCUT2D eigenvalue weighted by molar-refractivity contribution is 6.31. The molecular weight excluding hydrogens is 444 g/mol. The third-order valence-corrected chi connectivity index (χ3v) is 4.71. The SMILES string of the molecule is NC(=O)CC(NC(=O)c1cn[nH]c1-c1c(F)cc(Cl)cc1F)c1ccc(F)c(Cl)c1. The number of carbonyl (C=O) groups is 2. The average Bonchev–Trinajstić information content (AvgIpc) is 3.11. The maximum absolute atomic E-state index is 14.3. The van der Waals surface area contributed by atoms with Gasteiger partial charge in [-0.3, -0.25) is 14.7 Å². The first kappa shape index (κ1) is 21.7. The van der Waals surface area contributed by atoms with Crippen molar-refractivity contribution >= 4 is 35.0 Å². The van der Waals surface area contributed by atoms with E-state index in [0.717, 1.165) is 24.4 Å². The molecule has 1 aromatic heterocycles. The molecule has 0 aliphatic heterocycles. The fourth-order valence-electron chi connectivity index (χ4n) is 2.85. The quantitative estimate of drug-likeness (QED) is 0.519. The molecule has 156 valence electrons. The number of nitrogens with two attached hydrogens (primary N) is 1. The molecular formula is C19H13Cl2F3N4O2. The van der Waals surface area contributed by atoms with E-state index in [1.165, 1.54) is 12.1 Å². The second-order valence-electron chi connectivity index (χ2n) is 6.27. The van der Waals surface area contributed by atoms with E-state index in [4.69, 9.17) is 28.9 Å². The van der Waals surface area contributed by atoms with Crippen LogP contribution in [0.25, 0.3) is 11.3 Å². The van der Waals surface area contributed by atoms with Gasteiger partial charge in [0, 0.05) is 5.02 Å². The Kier molecular flexibility index (Phi) is 6.33. The molecule has 3 rings (SSSR count). The molecule has 0 fully saturated rings. The van der Waals surface area contributed by atoms with Crippen molar-refractivity contribution in [3.8, 4) is 11.3 Å². The summed E-state index contributed by atoms with van der Waals surface area (Å²) in [5.41, 5.74) is 4.59. The fraction of sp³-hybridized carbons (Fsp3) is 0.105. The van der Waals surface area contributed by atoms with E-state index in [9.17, 15) is 22.8 Å². The Morgan fingerprint density at radius 3 is 2.37 bits per heavy atom. The third-order valence-electron chi connectivity index (χ3n) is 4.20. The summed E-state index contributed by atoms with van der Waals surface area (Å²) in [7, 11) is 0. The van der Waals surface area contributed by atoms with Crippen LogP contribution >= 0.6 is 23.2 Å². The lowest BCUT2D eigenvalue weighted by atomic mass is 10.0. The van der Waals surface area contributed by atoms with Crippen LogP contribution in [-0.4, -0.2) is 22.0 Å². The molecule has 11 heteroatoms. The normalized spacial score (nSPS) is 11.9. The number of benzene rings is 2. The molecule has 1 unspecified atom stereocenters. The van der Waals surface area contributed by atoms with Gasteiger partial charge in [-0.15, -0.1) is 0 Å². The number of primary amides is 1. The molecule has 0 aliphatic rings. The molecule has 0 bridgehead atoms. The van der Waals surface area contributed by atoms with Crippen molar-refractivity contribution in [3.05, 3.63) is 75.2 Å². The summed E-state index contributed by atoms with van der Waals surface area (Å²) in [5, 5.41) is 8.20. The van der Waals surface area contributed by atoms with Crippen molar-refractivity contribution in [2.75, 3.05) is 0 Å². The van der Waals surface area contributed by atoms with E-state index in [1.54, 1.807) is 0 Å². The van der Waals surface area contributed by atoms with E-state index in [0.29, 0.717) is 5.56 Å². The van der Waals surface area contributed by atoms with E-state index in [-0.39, 0.29) is 27.7 Å². The van der Waals surface area contributed by atoms with Crippen molar-refractivity contribution in [2.24, 2.45) is 5.73 Å². The monoisotopic (exact) mass is 456 g/mol. The molecule has 1 atom stereocenters. The van der Waals surface area contributed by atoms with Crippen LogP contribution in [-0.2, 0) is 4.79 Å². The molecule has 2 aromatic carbocycles. The number of carbonyl (C=O) groups excluding carboxylic acids is 2. The third kappa shape index (κ3) is 4.58. The minimum Gasteiger partial charge on any atom is -0.370 e. The van der Waals surface area contributed by atoms with Crippen LogP contribution in [0.1, 0.15) is 28.4 Å². The fourth-order valence-corrected chi connectivity index (χ4v) is 3.23. The lowest BCUT2D eigenvalue weighted by Crippen LogP contribution is -2.32. The van der Waals surface area contributed by atoms with Gasteiger partial charge in [-0.1, -0.05) is 29.3 Å². The molecule has 1 heterocycles. The molecule has 30 heavy (non-hydrogen) atoms. The Labute approximate surface area is 178 Å². The van der Waals surface area contributed by atoms with E-state index < -0.39 is 40.9 Å². The highest BCUT2D eigenvalue weighted by Gasteiger charge is 2.25. The number of aromatic nitrogens is 2. The largest absolute Gasteiger partial charge is 0.370 e. The Bertz CT molecular complexity index is 1110. The number of hydrogen-bond acceptors (Lipinski definition) is 3. The number of amides is 2. The number of halogens is 5. The van der Waals surface area contributed by atoms with Gasteiger partial charge < -0.3 is 11.1 Å². The summed E-state index contributed by atoms with van der Waals surface area (Å²) in [6.45, 7) is 0. The van der Waals surface area contributed by atoms with Crippen LogP contribution in [0.15, 0.2) is 36.5 Å². The van der Waals surface area contributed by atoms with Gasteiger partial charge in [0.15, 0.2) is 0 Å². The number of nitrogens with zero attached hydrogens (tertiary/aromatic N) is 1. The molecule has 0 radical (unpaired) electrons. The second kappa shape index (κ2) is 8.76. The molecule has 0 aliphatic carbocycles. The lowest BCUT2D eigenvalue weighted by Gasteiger charge is -2.18. The van der Waals surface area contributed by atoms with Crippen LogP contribution in [0.5, 0.6) is 0 Å². The van der Waals surface area contributed by atoms with Crippen LogP contribution < -0.4 is 11.1 Å². The summed E-state index contributed by atoms with van der Waals surface area (Å²) in [6.07, 6.45) is 0.738. The van der Waals surface area contributed by atoms with Gasteiger partial charge in [0.25, 0.3) is 5.91 Å². The van der Waals surface area contributed by atoms with Gasteiger partial charge in [-0.05, 0) is 29.8 Å². The van der Waals surface area contributed by atoms with Gasteiger partial charge in [0.1, 0.15) is 17.5 Å². The Morgan fingerprint density at radius 2 is 1.77 bits per heavy atom. The molecule has 0 spiro atoms. The van der Waals surface area contributed by atoms with Gasteiger partial charge in [0.05, 0.1) is 40.5 Å². The van der Waals surface area contributed by atoms with E-state index >= 15 is 0 Å². The highest BCUT2D eigenvalue weighted by atomic mass is 35.5. The Morgan fingerprint density at radius 1 is 1.10 bits per heavy atom. The molecule has 3 aromatic rings. The number of aromatic amines is 1. The summed E-state index contributed by atoms with van der Waals surface area (Å²) >= 11 is 11.4. The zero-order chi connectivity index (χ0) is 22.0. The van der Waals surface area contributed by atoms with Crippen molar-refractivity contribution < 1.29 is 22.8 Å². The second-order valence-corrected chi connectivity index (χ2v) is 7.12. The smallest absolute Gasteiger partial charge is 0.255 e. The minimum atomic E-state index is -1.00. The molecule has 0 saturated carbocycles. The first-order chi connectivity index (χ1) is 14.2. The maximum atomic E-state index is 14.3. The topological polar surface area (TPSA) is 101 Å². The number of nitrogens with one attached hydrogen (secondary N) is 2. The first-order valence-corrected chi connectivity index (χ1v) is 9.15. The van der Waals surface area contributed by atoms with Gasteiger partial charge in [-0.25, -0.2) is 13.2 Å². The zero-order valence-electron chi connectivity index (χ0n) is 15.0. The summed E-state index contributed by atoms with van der Waals surface area (Å²) in [6, 6.07) is 4.43. The van der Waals surface area contributed by atoms with Gasteiger partial charge in [0.2, 0.25) is 5.91 Å². The van der Waals surface area contributed by atoms with Crippen molar-refractivity contribution in [1.82, 2.24) is 15.5 Å². The molecule has 0 saturated heterocycles. The lowest BCUT2D eigenvalue weighted by molar-refractivity contribution is -0.118. The standard InChI is InChI=1S/C19H13Cl2F3N4O2/c20-9-4-13(23)17(14(24)5-9)18-10(7-26-28-18)19(30)27-15(6-16(25)29)8-1-2-12(22)11(21)3-8/h1-5,7,15H,6H2,(H2,25,29)(H,26,28)(H,27,30). The van der Waals surface area contributed by atoms with Gasteiger partial charge in [-0.2, -0.15) is 5.10 Å². The number of hydrogen-bond donors (Lipinski definition) is 3. The van der Waals surface area contributed by atoms with E-state index in [2.05, 4.69) is 15.5 Å². The average molecular weight is 457 g/mol. The van der Waals surface area contributed by atoms with Gasteiger partial charge >= 0.3 is 0 Å². The summed E-state index contributed by atoms with van der Waals surface area (Å²) in [5.74, 6) is -4.24. The van der Waals surface area contributed by atoms with Crippen LogP contribution in [0, 0.1) is 17.5 Å². The van der Waals surface area contributed by atoms with Crippen molar-refractivity contribution in [1.29, 1.82) is 0 Å². The summed E-state index contributed by atoms with van der Waals surface area (Å²) in [4.78, 5) is 24.3. The van der Waals surface area contributed by atoms with E-state index in [1.807, 2.05) is 0 Å². The maximum Gasteiger partial charge on any atom is 0.255 e. The minimum absolute atomic E-state index is 0.158. The molecule has 6 nitrogen and oxygen atoms in total. The predicted octanol–water partition coefficient (Wildman–Crippen LogP) is 4.15. The van der Waals surface area contributed by atoms with Crippen molar-refractivity contribution in [3.63, 3.8) is 0 Å². The van der Waals surface area contributed by atoms with Crippen LogP contribution in [0.2, 0.25) is 10.0 Å². The molecule has 2 amide bonds. The van der Waals surface area contributed by atoms with Crippen LogP contribution in [0.3, 0.4) is 0 Å². The summed E-state index contributed by atoms with van der Waals surface area (Å²) < 4.78 is 42.0.